The average Bonchev–Trinajstić information content (AvgIpc) is 3.27. The normalized spacial score (nSPS) is 26.5. The number of nitrogens with one attached hydrogen (secondary N) is 1. The molecular formula is C16H17BrN4O3S. The van der Waals surface area contributed by atoms with Gasteiger partial charge in [-0.2, -0.15) is 0 Å². The summed E-state index contributed by atoms with van der Waals surface area (Å²) in [6.45, 7) is 2.03. The van der Waals surface area contributed by atoms with Gasteiger partial charge in [-0.15, -0.1) is 21.5 Å². The summed E-state index contributed by atoms with van der Waals surface area (Å²) in [5.41, 5.74) is -0.767. The Labute approximate surface area is 156 Å². The molecule has 2 unspecified atom stereocenters. The largest absolute Gasteiger partial charge is 0.418 e. The van der Waals surface area contributed by atoms with Crippen LogP contribution in [0.25, 0.3) is 10.8 Å². The first-order valence-electron chi connectivity index (χ1n) is 8.22. The molecule has 0 bridgehead atoms. The highest BCUT2D eigenvalue weighted by molar-refractivity contribution is 9.11. The average molecular weight is 425 g/mol. The molecule has 1 saturated carbocycles. The molecule has 1 saturated heterocycles. The predicted molar refractivity (Wildman–Crippen MR) is 94.8 cm³/mol. The lowest BCUT2D eigenvalue weighted by Crippen LogP contribution is -2.53. The molecule has 2 fully saturated rings. The summed E-state index contributed by atoms with van der Waals surface area (Å²) in [5, 5.41) is 10.9. The zero-order chi connectivity index (χ0) is 17.6. The van der Waals surface area contributed by atoms with E-state index in [0.29, 0.717) is 12.3 Å². The molecule has 2 aliphatic rings. The van der Waals surface area contributed by atoms with Crippen molar-refractivity contribution in [3.63, 3.8) is 0 Å². The fourth-order valence-corrected chi connectivity index (χ4v) is 4.93. The third kappa shape index (κ3) is 2.79. The maximum atomic E-state index is 12.9. The smallest absolute Gasteiger partial charge is 0.325 e. The third-order valence-corrected chi connectivity index (χ3v) is 6.66. The Balaban J connectivity index is 1.54. The second kappa shape index (κ2) is 6.21. The molecule has 1 aliphatic heterocycles. The maximum absolute atomic E-state index is 12.9. The van der Waals surface area contributed by atoms with E-state index >= 15 is 0 Å². The number of imide groups is 1. The third-order valence-electron chi connectivity index (χ3n) is 5.05. The highest BCUT2D eigenvalue weighted by Gasteiger charge is 2.55. The van der Waals surface area contributed by atoms with E-state index in [0.717, 1.165) is 27.9 Å². The molecule has 4 rings (SSSR count). The molecule has 3 amide bonds. The first-order valence-corrected chi connectivity index (χ1v) is 9.83. The number of urea groups is 1. The first kappa shape index (κ1) is 16.7. The number of aromatic nitrogens is 2. The molecule has 3 heterocycles. The minimum atomic E-state index is -0.767. The minimum absolute atomic E-state index is 0.00131. The summed E-state index contributed by atoms with van der Waals surface area (Å²) in [7, 11) is 0. The molecule has 2 aromatic rings. The van der Waals surface area contributed by atoms with Gasteiger partial charge < -0.3 is 9.73 Å². The van der Waals surface area contributed by atoms with Gasteiger partial charge in [0, 0.05) is 0 Å². The van der Waals surface area contributed by atoms with E-state index in [1.807, 2.05) is 19.1 Å². The van der Waals surface area contributed by atoms with Crippen LogP contribution in [-0.4, -0.2) is 32.6 Å². The Morgan fingerprint density at radius 1 is 1.40 bits per heavy atom. The van der Waals surface area contributed by atoms with Gasteiger partial charge >= 0.3 is 6.03 Å². The molecule has 2 aromatic heterocycles. The molecule has 1 N–H and O–H groups in total. The minimum Gasteiger partial charge on any atom is -0.418 e. The Bertz CT molecular complexity index is 835. The number of amides is 3. The molecule has 1 spiro atoms. The number of rotatable bonds is 3. The van der Waals surface area contributed by atoms with Gasteiger partial charge in [0.25, 0.3) is 11.8 Å². The van der Waals surface area contributed by atoms with Gasteiger partial charge in [0.05, 0.1) is 8.66 Å². The number of halogens is 1. The number of carbonyl (C=O) groups is 2. The lowest BCUT2D eigenvalue weighted by molar-refractivity contribution is -0.134. The van der Waals surface area contributed by atoms with E-state index in [4.69, 9.17) is 4.42 Å². The fourth-order valence-electron chi connectivity index (χ4n) is 3.62. The van der Waals surface area contributed by atoms with Gasteiger partial charge in [0.2, 0.25) is 5.89 Å². The van der Waals surface area contributed by atoms with Crippen LogP contribution in [0.2, 0.25) is 0 Å². The van der Waals surface area contributed by atoms with Crippen molar-refractivity contribution in [2.75, 3.05) is 0 Å². The van der Waals surface area contributed by atoms with E-state index in [1.165, 1.54) is 16.2 Å². The molecule has 0 aromatic carbocycles. The van der Waals surface area contributed by atoms with E-state index < -0.39 is 5.54 Å². The zero-order valence-corrected chi connectivity index (χ0v) is 16.0. The number of thiophene rings is 1. The zero-order valence-electron chi connectivity index (χ0n) is 13.6. The Kier molecular flexibility index (Phi) is 4.15. The molecule has 7 nitrogen and oxygen atoms in total. The van der Waals surface area contributed by atoms with Gasteiger partial charge in [-0.1, -0.05) is 19.8 Å². The van der Waals surface area contributed by atoms with Crippen molar-refractivity contribution in [3.05, 3.63) is 21.8 Å². The van der Waals surface area contributed by atoms with Gasteiger partial charge in [0.15, 0.2) is 0 Å². The topological polar surface area (TPSA) is 88.3 Å². The Hall–Kier alpha value is -1.74. The predicted octanol–water partition coefficient (Wildman–Crippen LogP) is 3.56. The maximum Gasteiger partial charge on any atom is 0.325 e. The van der Waals surface area contributed by atoms with Crippen LogP contribution in [0.4, 0.5) is 4.79 Å². The number of hydrogen-bond donors (Lipinski definition) is 1. The number of hydrogen-bond acceptors (Lipinski definition) is 6. The summed E-state index contributed by atoms with van der Waals surface area (Å²) >= 11 is 4.87. The van der Waals surface area contributed by atoms with Crippen LogP contribution in [0, 0.1) is 5.92 Å². The highest BCUT2D eigenvalue weighted by atomic mass is 79.9. The molecule has 1 aliphatic carbocycles. The van der Waals surface area contributed by atoms with Crippen LogP contribution >= 0.6 is 27.3 Å². The summed E-state index contributed by atoms with van der Waals surface area (Å²) in [6.07, 6.45) is 3.67. The molecular weight excluding hydrogens is 408 g/mol. The van der Waals surface area contributed by atoms with Crippen LogP contribution in [0.5, 0.6) is 0 Å². The quantitative estimate of drug-likeness (QED) is 0.760. The molecule has 25 heavy (non-hydrogen) atoms. The van der Waals surface area contributed by atoms with E-state index in [9.17, 15) is 9.59 Å². The van der Waals surface area contributed by atoms with Crippen molar-refractivity contribution in [1.82, 2.24) is 20.4 Å². The number of nitrogens with zero attached hydrogens (tertiary/aromatic N) is 3. The summed E-state index contributed by atoms with van der Waals surface area (Å²) in [4.78, 5) is 27.4. The SMILES string of the molecule is CC1CCCCC12NC(=O)N(Cc1nnc(-c3ccc(Br)s3)o1)C2=O. The first-order chi connectivity index (χ1) is 12.0. The van der Waals surface area contributed by atoms with Gasteiger partial charge in [0.1, 0.15) is 12.1 Å². The van der Waals surface area contributed by atoms with Gasteiger partial charge in [-0.25, -0.2) is 4.79 Å². The van der Waals surface area contributed by atoms with Crippen LogP contribution in [-0.2, 0) is 11.3 Å². The van der Waals surface area contributed by atoms with E-state index in [1.54, 1.807) is 0 Å². The second-order valence-corrected chi connectivity index (χ2v) is 9.01. The van der Waals surface area contributed by atoms with Crippen molar-refractivity contribution >= 4 is 39.2 Å². The lowest BCUT2D eigenvalue weighted by atomic mass is 9.73. The summed E-state index contributed by atoms with van der Waals surface area (Å²) < 4.78 is 6.60. The highest BCUT2D eigenvalue weighted by Crippen LogP contribution is 2.38. The van der Waals surface area contributed by atoms with Crippen LogP contribution in [0.15, 0.2) is 20.3 Å². The van der Waals surface area contributed by atoms with Crippen LogP contribution in [0.3, 0.4) is 0 Å². The van der Waals surface area contributed by atoms with Crippen molar-refractivity contribution in [2.24, 2.45) is 5.92 Å². The lowest BCUT2D eigenvalue weighted by Gasteiger charge is -2.36. The van der Waals surface area contributed by atoms with Gasteiger partial charge in [-0.05, 0) is 46.8 Å². The van der Waals surface area contributed by atoms with E-state index in [-0.39, 0.29) is 30.3 Å². The van der Waals surface area contributed by atoms with Crippen molar-refractivity contribution in [3.8, 4) is 10.8 Å². The standard InChI is InChI=1S/C16H17BrN4O3S/c1-9-4-2-3-7-16(9)14(22)21(15(23)18-16)8-12-19-20-13(24-12)10-5-6-11(17)25-10/h5-6,9H,2-4,7-8H2,1H3,(H,18,23). The van der Waals surface area contributed by atoms with Gasteiger partial charge in [-0.3, -0.25) is 9.69 Å². The summed E-state index contributed by atoms with van der Waals surface area (Å²) in [6, 6.07) is 3.39. The molecule has 132 valence electrons. The second-order valence-electron chi connectivity index (χ2n) is 6.54. The summed E-state index contributed by atoms with van der Waals surface area (Å²) in [5.74, 6) is 0.592. The van der Waals surface area contributed by atoms with Crippen molar-refractivity contribution in [2.45, 2.75) is 44.7 Å². The molecule has 0 radical (unpaired) electrons. The monoisotopic (exact) mass is 424 g/mol. The Morgan fingerprint density at radius 3 is 2.96 bits per heavy atom. The Morgan fingerprint density at radius 2 is 2.24 bits per heavy atom. The fraction of sp³-hybridized carbons (Fsp3) is 0.500. The molecule has 9 heteroatoms. The van der Waals surface area contributed by atoms with E-state index in [2.05, 4.69) is 31.4 Å². The van der Waals surface area contributed by atoms with Crippen molar-refractivity contribution in [1.29, 1.82) is 0 Å². The van der Waals surface area contributed by atoms with Crippen molar-refractivity contribution < 1.29 is 14.0 Å². The molecule has 2 atom stereocenters. The van der Waals surface area contributed by atoms with Crippen LogP contribution in [0.1, 0.15) is 38.5 Å². The van der Waals surface area contributed by atoms with Crippen LogP contribution < -0.4 is 5.32 Å². The number of carbonyl (C=O) groups excluding carboxylic acids is 2.